The number of carbonyl (C=O) groups excluding carboxylic acids is 1. The van der Waals surface area contributed by atoms with E-state index in [2.05, 4.69) is 37.8 Å². The Balaban J connectivity index is 2.61. The van der Waals surface area contributed by atoms with Gasteiger partial charge in [-0.15, -0.1) is 0 Å². The lowest BCUT2D eigenvalue weighted by Gasteiger charge is -2.22. The van der Waals surface area contributed by atoms with Crippen LogP contribution in [0.4, 0.5) is 0 Å². The molecule has 0 fully saturated rings. The summed E-state index contributed by atoms with van der Waals surface area (Å²) in [6.45, 7) is 6.96. The first-order valence-electron chi connectivity index (χ1n) is 6.90. The molecule has 1 unspecified atom stereocenters. The van der Waals surface area contributed by atoms with Crippen molar-refractivity contribution in [3.05, 3.63) is 35.4 Å². The highest BCUT2D eigenvalue weighted by Crippen LogP contribution is 2.09. The van der Waals surface area contributed by atoms with Crippen molar-refractivity contribution < 1.29 is 4.79 Å². The van der Waals surface area contributed by atoms with Crippen molar-refractivity contribution in [2.45, 2.75) is 46.1 Å². The van der Waals surface area contributed by atoms with E-state index in [1.54, 1.807) is 0 Å². The molecule has 0 aromatic heterocycles. The Hall–Kier alpha value is -1.15. The van der Waals surface area contributed by atoms with Gasteiger partial charge in [-0.05, 0) is 32.4 Å². The molecule has 0 N–H and O–H groups in total. The van der Waals surface area contributed by atoms with E-state index in [1.807, 2.05) is 19.2 Å². The molecular formula is C16H25NO. The Labute approximate surface area is 111 Å². The monoisotopic (exact) mass is 247 g/mol. The van der Waals surface area contributed by atoms with Gasteiger partial charge < -0.3 is 0 Å². The van der Waals surface area contributed by atoms with E-state index in [0.717, 1.165) is 24.8 Å². The molecule has 0 amide bonds. The summed E-state index contributed by atoms with van der Waals surface area (Å²) in [4.78, 5) is 14.2. The summed E-state index contributed by atoms with van der Waals surface area (Å²) in [6, 6.07) is 8.50. The second-order valence-corrected chi connectivity index (χ2v) is 5.04. The summed E-state index contributed by atoms with van der Waals surface area (Å²) >= 11 is 0. The zero-order valence-electron chi connectivity index (χ0n) is 12.1. The molecule has 0 saturated carbocycles. The quantitative estimate of drug-likeness (QED) is 0.687. The van der Waals surface area contributed by atoms with Gasteiger partial charge in [-0.2, -0.15) is 0 Å². The number of carbonyl (C=O) groups is 1. The third-order valence-electron chi connectivity index (χ3n) is 3.55. The maximum Gasteiger partial charge on any atom is 0.176 e. The van der Waals surface area contributed by atoms with Crippen LogP contribution in [0.3, 0.4) is 0 Å². The average molecular weight is 247 g/mol. The van der Waals surface area contributed by atoms with Crippen molar-refractivity contribution in [3.63, 3.8) is 0 Å². The molecule has 0 aliphatic heterocycles. The normalized spacial score (nSPS) is 12.7. The molecule has 0 heterocycles. The van der Waals surface area contributed by atoms with Gasteiger partial charge in [0.15, 0.2) is 5.78 Å². The molecule has 0 aliphatic rings. The molecule has 1 rings (SSSR count). The number of hydrogen-bond donors (Lipinski definition) is 0. The Morgan fingerprint density at radius 1 is 1.22 bits per heavy atom. The van der Waals surface area contributed by atoms with Gasteiger partial charge in [0.05, 0.1) is 6.54 Å². The molecule has 0 bridgehead atoms. The number of aryl methyl sites for hydroxylation is 1. The second-order valence-electron chi connectivity index (χ2n) is 5.04. The van der Waals surface area contributed by atoms with Gasteiger partial charge >= 0.3 is 0 Å². The summed E-state index contributed by atoms with van der Waals surface area (Å²) < 4.78 is 0. The summed E-state index contributed by atoms with van der Waals surface area (Å²) in [5.74, 6) is 0.209. The van der Waals surface area contributed by atoms with Gasteiger partial charge in [-0.3, -0.25) is 9.69 Å². The summed E-state index contributed by atoms with van der Waals surface area (Å²) in [7, 11) is 2.01. The fraction of sp³-hybridized carbons (Fsp3) is 0.562. The van der Waals surface area contributed by atoms with Gasteiger partial charge in [-0.25, -0.2) is 0 Å². The van der Waals surface area contributed by atoms with Crippen molar-refractivity contribution >= 4 is 5.78 Å². The molecule has 1 atom stereocenters. The maximum absolute atomic E-state index is 12.1. The van der Waals surface area contributed by atoms with Crippen LogP contribution in [-0.2, 0) is 6.42 Å². The van der Waals surface area contributed by atoms with Crippen LogP contribution in [0.25, 0.3) is 0 Å². The van der Waals surface area contributed by atoms with E-state index in [0.29, 0.717) is 12.6 Å². The van der Waals surface area contributed by atoms with E-state index in [4.69, 9.17) is 0 Å². The number of Topliss-reactive ketones (excluding diaryl/α,β-unsaturated/α-hetero) is 1. The first-order chi connectivity index (χ1) is 8.58. The van der Waals surface area contributed by atoms with Crippen molar-refractivity contribution in [3.8, 4) is 0 Å². The van der Waals surface area contributed by atoms with Crippen LogP contribution in [0, 0.1) is 0 Å². The minimum absolute atomic E-state index is 0.209. The molecular weight excluding hydrogens is 222 g/mol. The van der Waals surface area contributed by atoms with Crippen molar-refractivity contribution in [1.82, 2.24) is 4.90 Å². The fourth-order valence-electron chi connectivity index (χ4n) is 1.93. The number of rotatable bonds is 7. The third kappa shape index (κ3) is 4.26. The van der Waals surface area contributed by atoms with Crippen LogP contribution in [-0.4, -0.2) is 30.3 Å². The van der Waals surface area contributed by atoms with Crippen LogP contribution in [0.2, 0.25) is 0 Å². The van der Waals surface area contributed by atoms with Crippen molar-refractivity contribution in [2.75, 3.05) is 13.6 Å². The zero-order chi connectivity index (χ0) is 13.5. The second kappa shape index (κ2) is 7.32. The minimum Gasteiger partial charge on any atom is -0.296 e. The average Bonchev–Trinajstić information content (AvgIpc) is 2.38. The number of benzene rings is 1. The predicted molar refractivity (Wildman–Crippen MR) is 77.2 cm³/mol. The van der Waals surface area contributed by atoms with Crippen molar-refractivity contribution in [2.24, 2.45) is 0 Å². The van der Waals surface area contributed by atoms with Gasteiger partial charge in [-0.1, -0.05) is 44.5 Å². The fourth-order valence-corrected chi connectivity index (χ4v) is 1.93. The third-order valence-corrected chi connectivity index (χ3v) is 3.55. The minimum atomic E-state index is 0.209. The standard InChI is InChI=1S/C16H25NO/c1-5-7-14-8-10-15(11-9-14)16(18)12-17(4)13(3)6-2/h8-11,13H,5-7,12H2,1-4H3. The van der Waals surface area contributed by atoms with E-state index in [-0.39, 0.29) is 5.78 Å². The predicted octanol–water partition coefficient (Wildman–Crippen LogP) is 3.55. The first kappa shape index (κ1) is 14.9. The molecule has 0 saturated heterocycles. The summed E-state index contributed by atoms with van der Waals surface area (Å²) in [5, 5.41) is 0. The van der Waals surface area contributed by atoms with Crippen molar-refractivity contribution in [1.29, 1.82) is 0 Å². The number of nitrogens with zero attached hydrogens (tertiary/aromatic N) is 1. The molecule has 2 heteroatoms. The molecule has 1 aromatic carbocycles. The van der Waals surface area contributed by atoms with Gasteiger partial charge in [0.25, 0.3) is 0 Å². The highest BCUT2D eigenvalue weighted by Gasteiger charge is 2.12. The van der Waals surface area contributed by atoms with Crippen LogP contribution in [0.5, 0.6) is 0 Å². The molecule has 2 nitrogen and oxygen atoms in total. The highest BCUT2D eigenvalue weighted by molar-refractivity contribution is 5.97. The lowest BCUT2D eigenvalue weighted by molar-refractivity contribution is 0.0923. The Morgan fingerprint density at radius 2 is 1.83 bits per heavy atom. The van der Waals surface area contributed by atoms with Gasteiger partial charge in [0, 0.05) is 11.6 Å². The Morgan fingerprint density at radius 3 is 2.33 bits per heavy atom. The molecule has 18 heavy (non-hydrogen) atoms. The molecule has 100 valence electrons. The maximum atomic E-state index is 12.1. The largest absolute Gasteiger partial charge is 0.296 e. The van der Waals surface area contributed by atoms with Crippen LogP contribution < -0.4 is 0 Å². The lowest BCUT2D eigenvalue weighted by atomic mass is 10.0. The lowest BCUT2D eigenvalue weighted by Crippen LogP contribution is -2.33. The number of ketones is 1. The van der Waals surface area contributed by atoms with Gasteiger partial charge in [0.1, 0.15) is 0 Å². The Bertz CT molecular complexity index is 369. The summed E-state index contributed by atoms with van der Waals surface area (Å²) in [6.07, 6.45) is 3.30. The van der Waals surface area contributed by atoms with E-state index < -0.39 is 0 Å². The van der Waals surface area contributed by atoms with E-state index >= 15 is 0 Å². The topological polar surface area (TPSA) is 20.3 Å². The van der Waals surface area contributed by atoms with Crippen LogP contribution >= 0.6 is 0 Å². The molecule has 0 radical (unpaired) electrons. The SMILES string of the molecule is CCCc1ccc(C(=O)CN(C)C(C)CC)cc1. The van der Waals surface area contributed by atoms with Crippen LogP contribution in [0.15, 0.2) is 24.3 Å². The molecule has 1 aromatic rings. The van der Waals surface area contributed by atoms with E-state index in [1.165, 1.54) is 5.56 Å². The molecule has 0 aliphatic carbocycles. The van der Waals surface area contributed by atoms with Crippen LogP contribution in [0.1, 0.15) is 49.5 Å². The van der Waals surface area contributed by atoms with E-state index in [9.17, 15) is 4.79 Å². The Kier molecular flexibility index (Phi) is 6.06. The zero-order valence-corrected chi connectivity index (χ0v) is 12.1. The number of hydrogen-bond acceptors (Lipinski definition) is 2. The van der Waals surface area contributed by atoms with Gasteiger partial charge in [0.2, 0.25) is 0 Å². The smallest absolute Gasteiger partial charge is 0.176 e. The first-order valence-corrected chi connectivity index (χ1v) is 6.90. The number of likely N-dealkylation sites (N-methyl/N-ethyl adjacent to an activating group) is 1. The molecule has 0 spiro atoms. The highest BCUT2D eigenvalue weighted by atomic mass is 16.1. The summed E-state index contributed by atoms with van der Waals surface area (Å²) in [5.41, 5.74) is 2.13.